The largest absolute Gasteiger partial charge is 0.497 e. The minimum absolute atomic E-state index is 0.420. The third-order valence-electron chi connectivity index (χ3n) is 2.82. The Kier molecular flexibility index (Phi) is 3.05. The van der Waals surface area contributed by atoms with Gasteiger partial charge in [-0.1, -0.05) is 23.7 Å². The quantitative estimate of drug-likeness (QED) is 0.736. The van der Waals surface area contributed by atoms with Crippen LogP contribution in [0, 0.1) is 0 Å². The van der Waals surface area contributed by atoms with Crippen LogP contribution < -0.4 is 4.74 Å². The lowest BCUT2D eigenvalue weighted by atomic mass is 10.1. The molecule has 0 radical (unpaired) electrons. The molecule has 2 heterocycles. The zero-order valence-corrected chi connectivity index (χ0v) is 11.0. The maximum absolute atomic E-state index is 5.89. The summed E-state index contributed by atoms with van der Waals surface area (Å²) < 4.78 is 6.79. The van der Waals surface area contributed by atoms with Gasteiger partial charge in [-0.25, -0.2) is 0 Å². The van der Waals surface area contributed by atoms with Gasteiger partial charge in [-0.2, -0.15) is 9.61 Å². The summed E-state index contributed by atoms with van der Waals surface area (Å²) in [4.78, 5) is 0. The molecule has 3 aromatic rings. The van der Waals surface area contributed by atoms with Gasteiger partial charge in [-0.05, 0) is 29.8 Å². The Hall–Kier alpha value is -2.14. The monoisotopic (exact) mass is 274 g/mol. The van der Waals surface area contributed by atoms with E-state index in [1.165, 1.54) is 0 Å². The van der Waals surface area contributed by atoms with Gasteiger partial charge in [0.05, 0.1) is 7.11 Å². The Morgan fingerprint density at radius 2 is 1.89 bits per heavy atom. The summed E-state index contributed by atoms with van der Waals surface area (Å²) in [5.41, 5.74) is 1.80. The molecule has 3 rings (SSSR count). The second kappa shape index (κ2) is 4.85. The number of aromatic nitrogens is 4. The average molecular weight is 275 g/mol. The van der Waals surface area contributed by atoms with E-state index in [1.54, 1.807) is 23.8 Å². The predicted octanol–water partition coefficient (Wildman–Crippen LogP) is 2.38. The highest BCUT2D eigenvalue weighted by Crippen LogP contribution is 2.15. The molecule has 0 spiro atoms. The highest BCUT2D eigenvalue weighted by molar-refractivity contribution is 6.29. The third-order valence-corrected chi connectivity index (χ3v) is 3.02. The number of methoxy groups -OCH3 is 1. The Morgan fingerprint density at radius 3 is 2.63 bits per heavy atom. The van der Waals surface area contributed by atoms with Gasteiger partial charge in [-0.15, -0.1) is 10.2 Å². The van der Waals surface area contributed by atoms with Crippen molar-refractivity contribution in [3.63, 3.8) is 0 Å². The number of hydrogen-bond donors (Lipinski definition) is 0. The Labute approximate surface area is 114 Å². The van der Waals surface area contributed by atoms with E-state index in [0.717, 1.165) is 17.1 Å². The fourth-order valence-corrected chi connectivity index (χ4v) is 1.99. The van der Waals surface area contributed by atoms with E-state index in [2.05, 4.69) is 15.3 Å². The number of fused-ring (bicyclic) bond motifs is 1. The van der Waals surface area contributed by atoms with Crippen LogP contribution in [0.15, 0.2) is 36.4 Å². The van der Waals surface area contributed by atoms with Crippen molar-refractivity contribution in [2.24, 2.45) is 0 Å². The number of benzene rings is 1. The van der Waals surface area contributed by atoms with Crippen molar-refractivity contribution in [2.45, 2.75) is 6.42 Å². The number of rotatable bonds is 3. The van der Waals surface area contributed by atoms with Gasteiger partial charge in [0.25, 0.3) is 0 Å². The number of ether oxygens (including phenoxy) is 1. The van der Waals surface area contributed by atoms with Crippen molar-refractivity contribution in [1.82, 2.24) is 19.8 Å². The summed E-state index contributed by atoms with van der Waals surface area (Å²) >= 11 is 5.89. The summed E-state index contributed by atoms with van der Waals surface area (Å²) in [5, 5.41) is 12.8. The Bertz CT molecular complexity index is 708. The van der Waals surface area contributed by atoms with Gasteiger partial charge in [-0.3, -0.25) is 0 Å². The van der Waals surface area contributed by atoms with Crippen LogP contribution in [0.3, 0.4) is 0 Å². The fourth-order valence-electron chi connectivity index (χ4n) is 1.85. The molecule has 0 saturated carbocycles. The van der Waals surface area contributed by atoms with E-state index in [-0.39, 0.29) is 0 Å². The molecule has 19 heavy (non-hydrogen) atoms. The lowest BCUT2D eigenvalue weighted by molar-refractivity contribution is 0.414. The summed E-state index contributed by atoms with van der Waals surface area (Å²) in [5.74, 6) is 1.58. The molecule has 6 heteroatoms. The van der Waals surface area contributed by atoms with Gasteiger partial charge in [0.2, 0.25) is 0 Å². The molecule has 96 valence electrons. The summed E-state index contributed by atoms with van der Waals surface area (Å²) in [6.45, 7) is 0. The molecule has 1 aromatic carbocycles. The third kappa shape index (κ3) is 2.37. The molecule has 0 N–H and O–H groups in total. The number of nitrogens with zero attached hydrogens (tertiary/aromatic N) is 4. The average Bonchev–Trinajstić information content (AvgIpc) is 2.82. The van der Waals surface area contributed by atoms with Crippen molar-refractivity contribution < 1.29 is 4.74 Å². The van der Waals surface area contributed by atoms with Gasteiger partial charge in [0.1, 0.15) is 10.9 Å². The number of hydrogen-bond acceptors (Lipinski definition) is 4. The molecule has 0 aliphatic rings. The highest BCUT2D eigenvalue weighted by atomic mass is 35.5. The molecule has 0 fully saturated rings. The van der Waals surface area contributed by atoms with E-state index in [4.69, 9.17) is 16.3 Å². The molecule has 2 aromatic heterocycles. The van der Waals surface area contributed by atoms with Gasteiger partial charge in [0, 0.05) is 6.42 Å². The molecule has 0 unspecified atom stereocenters. The van der Waals surface area contributed by atoms with Crippen LogP contribution in [-0.2, 0) is 6.42 Å². The maximum Gasteiger partial charge on any atom is 0.178 e. The topological polar surface area (TPSA) is 52.3 Å². The first-order chi connectivity index (χ1) is 9.26. The minimum atomic E-state index is 0.420. The first-order valence-electron chi connectivity index (χ1n) is 5.76. The minimum Gasteiger partial charge on any atom is -0.497 e. The van der Waals surface area contributed by atoms with Crippen molar-refractivity contribution in [2.75, 3.05) is 7.11 Å². The summed E-state index contributed by atoms with van der Waals surface area (Å²) in [6.07, 6.45) is 0.637. The van der Waals surface area contributed by atoms with Crippen LogP contribution >= 0.6 is 11.6 Å². The zero-order valence-electron chi connectivity index (χ0n) is 10.2. The lowest BCUT2D eigenvalue weighted by Gasteiger charge is -2.02. The molecule has 0 aliphatic heterocycles. The normalized spacial score (nSPS) is 10.8. The zero-order chi connectivity index (χ0) is 13.2. The molecule has 0 bridgehead atoms. The standard InChI is InChI=1S/C13H11ClN4O/c1-19-10-4-2-9(3-5-10)8-13-16-15-12-7-6-11(14)17-18(12)13/h2-7H,8H2,1H3. The van der Waals surface area contributed by atoms with Crippen molar-refractivity contribution in [3.05, 3.63) is 52.9 Å². The maximum atomic E-state index is 5.89. The first kappa shape index (κ1) is 11.9. The molecule has 0 amide bonds. The Balaban J connectivity index is 1.93. The van der Waals surface area contributed by atoms with E-state index in [1.807, 2.05) is 24.3 Å². The van der Waals surface area contributed by atoms with Gasteiger partial charge >= 0.3 is 0 Å². The van der Waals surface area contributed by atoms with Crippen LogP contribution in [0.1, 0.15) is 11.4 Å². The van der Waals surface area contributed by atoms with E-state index in [9.17, 15) is 0 Å². The Morgan fingerprint density at radius 1 is 1.11 bits per heavy atom. The van der Waals surface area contributed by atoms with Crippen molar-refractivity contribution in [1.29, 1.82) is 0 Å². The van der Waals surface area contributed by atoms with Crippen LogP contribution in [-0.4, -0.2) is 26.9 Å². The first-order valence-corrected chi connectivity index (χ1v) is 6.14. The predicted molar refractivity (Wildman–Crippen MR) is 71.6 cm³/mol. The van der Waals surface area contributed by atoms with E-state index >= 15 is 0 Å². The van der Waals surface area contributed by atoms with Crippen LogP contribution in [0.2, 0.25) is 5.15 Å². The molecule has 0 aliphatic carbocycles. The second-order valence-electron chi connectivity index (χ2n) is 4.07. The SMILES string of the molecule is COc1ccc(Cc2nnc3ccc(Cl)nn23)cc1. The molecular formula is C13H11ClN4O. The second-order valence-corrected chi connectivity index (χ2v) is 4.45. The summed E-state index contributed by atoms with van der Waals surface area (Å²) in [6, 6.07) is 11.3. The highest BCUT2D eigenvalue weighted by Gasteiger charge is 2.08. The fraction of sp³-hybridized carbons (Fsp3) is 0.154. The van der Waals surface area contributed by atoms with Crippen LogP contribution in [0.5, 0.6) is 5.75 Å². The molecule has 0 saturated heterocycles. The van der Waals surface area contributed by atoms with Crippen LogP contribution in [0.4, 0.5) is 0 Å². The molecular weight excluding hydrogens is 264 g/mol. The molecule has 0 atom stereocenters. The molecule has 5 nitrogen and oxygen atoms in total. The van der Waals surface area contributed by atoms with Crippen molar-refractivity contribution >= 4 is 17.2 Å². The van der Waals surface area contributed by atoms with Crippen molar-refractivity contribution in [3.8, 4) is 5.75 Å². The smallest absolute Gasteiger partial charge is 0.178 e. The lowest BCUT2D eigenvalue weighted by Crippen LogP contribution is -2.00. The van der Waals surface area contributed by atoms with Gasteiger partial charge in [0.15, 0.2) is 11.5 Å². The van der Waals surface area contributed by atoms with Crippen LogP contribution in [0.25, 0.3) is 5.65 Å². The van der Waals surface area contributed by atoms with E-state index in [0.29, 0.717) is 17.2 Å². The number of halogens is 1. The summed E-state index contributed by atoms with van der Waals surface area (Å²) in [7, 11) is 1.65. The van der Waals surface area contributed by atoms with E-state index < -0.39 is 0 Å². The van der Waals surface area contributed by atoms with Gasteiger partial charge < -0.3 is 4.74 Å².